The number of carbonyl (C=O) groups is 2. The third-order valence-corrected chi connectivity index (χ3v) is 15.8. The highest BCUT2D eigenvalue weighted by atomic mass is 31.2. The maximum absolute atomic E-state index is 12.8. The van der Waals surface area contributed by atoms with Crippen LogP contribution in [0.2, 0.25) is 0 Å². The van der Waals surface area contributed by atoms with E-state index in [1.807, 2.05) is 21.1 Å². The maximum atomic E-state index is 12.8. The lowest BCUT2D eigenvalue weighted by Crippen LogP contribution is -2.37. The average Bonchev–Trinajstić information content (AvgIpc) is 3.41. The second-order valence-electron chi connectivity index (χ2n) is 23.9. The van der Waals surface area contributed by atoms with Crippen molar-refractivity contribution in [2.45, 2.75) is 328 Å². The molecule has 0 saturated heterocycles. The molecule has 9 nitrogen and oxygen atoms in total. The van der Waals surface area contributed by atoms with Crippen LogP contribution in [0.15, 0.2) is 48.6 Å². The Balaban J connectivity index is 3.95. The molecular formula is C68H129NO8P+. The van der Waals surface area contributed by atoms with Gasteiger partial charge in [0.05, 0.1) is 27.7 Å². The Bertz CT molecular complexity index is 1460. The van der Waals surface area contributed by atoms with Crippen molar-refractivity contribution in [3.05, 3.63) is 48.6 Å². The summed E-state index contributed by atoms with van der Waals surface area (Å²) in [5, 5.41) is 0. The highest BCUT2D eigenvalue weighted by Crippen LogP contribution is 2.43. The lowest BCUT2D eigenvalue weighted by atomic mass is 10.0. The summed E-state index contributed by atoms with van der Waals surface area (Å²) in [6.07, 6.45) is 76.4. The van der Waals surface area contributed by atoms with Gasteiger partial charge < -0.3 is 18.9 Å². The number of hydrogen-bond donors (Lipinski definition) is 1. The van der Waals surface area contributed by atoms with Crippen LogP contribution < -0.4 is 0 Å². The molecule has 0 amide bonds. The van der Waals surface area contributed by atoms with Crippen LogP contribution in [0.25, 0.3) is 0 Å². The second kappa shape index (κ2) is 59.6. The summed E-state index contributed by atoms with van der Waals surface area (Å²) in [6, 6.07) is 0. The number of carbonyl (C=O) groups excluding carboxylic acids is 2. The molecular weight excluding hydrogens is 990 g/mol. The normalized spacial score (nSPS) is 13.5. The molecule has 0 aromatic heterocycles. The van der Waals surface area contributed by atoms with Crippen LogP contribution in [0.1, 0.15) is 322 Å². The highest BCUT2D eigenvalue weighted by molar-refractivity contribution is 7.47. The van der Waals surface area contributed by atoms with Gasteiger partial charge in [-0.1, -0.05) is 281 Å². The van der Waals surface area contributed by atoms with E-state index in [1.165, 1.54) is 244 Å². The first-order chi connectivity index (χ1) is 38.0. The van der Waals surface area contributed by atoms with Gasteiger partial charge in [0, 0.05) is 12.8 Å². The number of allylic oxidation sites excluding steroid dienone is 8. The Morgan fingerprint density at radius 2 is 0.692 bits per heavy atom. The van der Waals surface area contributed by atoms with Crippen LogP contribution in [0, 0.1) is 0 Å². The van der Waals surface area contributed by atoms with Gasteiger partial charge >= 0.3 is 19.8 Å². The lowest BCUT2D eigenvalue weighted by molar-refractivity contribution is -0.870. The van der Waals surface area contributed by atoms with Gasteiger partial charge in [-0.15, -0.1) is 0 Å². The number of phosphoric ester groups is 1. The molecule has 2 unspecified atom stereocenters. The fraction of sp³-hybridized carbons (Fsp3) is 0.853. The Labute approximate surface area is 484 Å². The van der Waals surface area contributed by atoms with Gasteiger partial charge in [-0.3, -0.25) is 18.6 Å². The first-order valence-electron chi connectivity index (χ1n) is 33.4. The molecule has 0 radical (unpaired) electrons. The summed E-state index contributed by atoms with van der Waals surface area (Å²) in [6.45, 7) is 4.46. The van der Waals surface area contributed by atoms with Crippen molar-refractivity contribution in [2.75, 3.05) is 47.5 Å². The summed E-state index contributed by atoms with van der Waals surface area (Å²) in [7, 11) is 1.49. The van der Waals surface area contributed by atoms with Crippen LogP contribution in [-0.2, 0) is 32.7 Å². The van der Waals surface area contributed by atoms with Crippen molar-refractivity contribution in [1.82, 2.24) is 0 Å². The Hall–Kier alpha value is -2.03. The first-order valence-corrected chi connectivity index (χ1v) is 34.9. The van der Waals surface area contributed by atoms with Crippen LogP contribution in [0.5, 0.6) is 0 Å². The van der Waals surface area contributed by atoms with Crippen LogP contribution in [0.4, 0.5) is 0 Å². The molecule has 78 heavy (non-hydrogen) atoms. The number of ether oxygens (including phenoxy) is 2. The molecule has 0 spiro atoms. The standard InChI is InChI=1S/C68H128NO8P/c1-6-8-10-12-14-16-18-20-22-24-25-26-27-28-29-30-31-32-33-34-35-36-37-38-39-40-41-42-43-45-47-49-51-53-55-57-59-61-68(71)77-66(65-76-78(72,73)75-63-62-69(3,4)5)64-74-67(70)60-58-56-54-52-50-48-46-44-23-21-19-17-15-13-11-9-7-2/h18,20-21,23-25,27-28,66H,6-17,19,22,26,29-65H2,1-5H3/p+1/b20-18-,23-21-,25-24-,28-27-. The predicted octanol–water partition coefficient (Wildman–Crippen LogP) is 21.3. The molecule has 2 atom stereocenters. The molecule has 10 heteroatoms. The smallest absolute Gasteiger partial charge is 0.462 e. The molecule has 0 aliphatic carbocycles. The molecule has 0 aromatic rings. The third-order valence-electron chi connectivity index (χ3n) is 14.8. The summed E-state index contributed by atoms with van der Waals surface area (Å²) in [5.74, 6) is -0.788. The van der Waals surface area contributed by atoms with Gasteiger partial charge in [0.1, 0.15) is 19.8 Å². The average molecular weight is 1120 g/mol. The SMILES string of the molecule is CCCCCCC/C=C\C/C=C\C/C=C\CCCCCCCCCCCCCCCCCCCCCCCCC(=O)OC(COC(=O)CCCCCCCCC/C=C\CCCCCCCC)COP(=O)(O)OCC[N+](C)(C)C. The summed E-state index contributed by atoms with van der Waals surface area (Å²) < 4.78 is 34.6. The molecule has 1 N–H and O–H groups in total. The zero-order valence-electron chi connectivity index (χ0n) is 52.2. The van der Waals surface area contributed by atoms with E-state index in [4.69, 9.17) is 18.5 Å². The number of likely N-dealkylation sites (N-methyl/N-ethyl adjacent to an activating group) is 1. The van der Waals surface area contributed by atoms with E-state index in [0.717, 1.165) is 44.9 Å². The van der Waals surface area contributed by atoms with E-state index in [9.17, 15) is 19.0 Å². The molecule has 0 aliphatic rings. The largest absolute Gasteiger partial charge is 0.472 e. The third kappa shape index (κ3) is 63.2. The van der Waals surface area contributed by atoms with Crippen molar-refractivity contribution in [1.29, 1.82) is 0 Å². The van der Waals surface area contributed by atoms with Gasteiger partial charge in [-0.05, 0) is 77.0 Å². The number of nitrogens with zero attached hydrogens (tertiary/aromatic N) is 1. The van der Waals surface area contributed by atoms with Crippen LogP contribution in [0.3, 0.4) is 0 Å². The molecule has 0 heterocycles. The quantitative estimate of drug-likeness (QED) is 0.0211. The van der Waals surface area contributed by atoms with Gasteiger partial charge in [0.2, 0.25) is 0 Å². The summed E-state index contributed by atoms with van der Waals surface area (Å²) >= 11 is 0. The predicted molar refractivity (Wildman–Crippen MR) is 335 cm³/mol. The minimum atomic E-state index is -4.39. The van der Waals surface area contributed by atoms with E-state index in [0.29, 0.717) is 17.4 Å². The molecule has 0 aliphatic heterocycles. The fourth-order valence-corrected chi connectivity index (χ4v) is 10.4. The van der Waals surface area contributed by atoms with Gasteiger partial charge in [-0.2, -0.15) is 0 Å². The molecule has 458 valence electrons. The van der Waals surface area contributed by atoms with Gasteiger partial charge in [0.15, 0.2) is 6.10 Å². The lowest BCUT2D eigenvalue weighted by Gasteiger charge is -2.24. The topological polar surface area (TPSA) is 108 Å². The van der Waals surface area contributed by atoms with E-state index in [-0.39, 0.29) is 32.0 Å². The van der Waals surface area contributed by atoms with Crippen molar-refractivity contribution in [3.8, 4) is 0 Å². The number of esters is 2. The highest BCUT2D eigenvalue weighted by Gasteiger charge is 2.27. The number of hydrogen-bond acceptors (Lipinski definition) is 7. The molecule has 0 bridgehead atoms. The second-order valence-corrected chi connectivity index (χ2v) is 25.3. The molecule has 0 rings (SSSR count). The Morgan fingerprint density at radius 1 is 0.397 bits per heavy atom. The molecule has 0 saturated carbocycles. The van der Waals surface area contributed by atoms with Crippen LogP contribution in [-0.4, -0.2) is 74.9 Å². The summed E-state index contributed by atoms with van der Waals surface area (Å²) in [4.78, 5) is 35.7. The fourth-order valence-electron chi connectivity index (χ4n) is 9.67. The number of unbranched alkanes of at least 4 members (excludes halogenated alkanes) is 40. The van der Waals surface area contributed by atoms with E-state index in [1.54, 1.807) is 0 Å². The van der Waals surface area contributed by atoms with E-state index < -0.39 is 26.5 Å². The zero-order chi connectivity index (χ0) is 57.0. The van der Waals surface area contributed by atoms with Crippen molar-refractivity contribution in [2.24, 2.45) is 0 Å². The van der Waals surface area contributed by atoms with Gasteiger partial charge in [0.25, 0.3) is 0 Å². The summed E-state index contributed by atoms with van der Waals surface area (Å²) in [5.41, 5.74) is 0. The van der Waals surface area contributed by atoms with E-state index in [2.05, 4.69) is 62.5 Å². The number of rotatable bonds is 62. The monoisotopic (exact) mass is 1120 g/mol. The Morgan fingerprint density at radius 3 is 1.04 bits per heavy atom. The zero-order valence-corrected chi connectivity index (χ0v) is 53.1. The minimum Gasteiger partial charge on any atom is -0.462 e. The van der Waals surface area contributed by atoms with Crippen molar-refractivity contribution < 1.29 is 42.1 Å². The Kier molecular flexibility index (Phi) is 58.0. The number of phosphoric acid groups is 1. The molecule has 0 fully saturated rings. The molecule has 0 aromatic carbocycles. The maximum Gasteiger partial charge on any atom is 0.472 e. The first kappa shape index (κ1) is 76.0. The van der Waals surface area contributed by atoms with E-state index >= 15 is 0 Å². The minimum absolute atomic E-state index is 0.0326. The number of quaternary nitrogens is 1. The van der Waals surface area contributed by atoms with Crippen molar-refractivity contribution >= 4 is 19.8 Å². The van der Waals surface area contributed by atoms with Crippen LogP contribution >= 0.6 is 7.82 Å². The van der Waals surface area contributed by atoms with Crippen molar-refractivity contribution in [3.63, 3.8) is 0 Å². The van der Waals surface area contributed by atoms with Gasteiger partial charge in [-0.25, -0.2) is 4.57 Å².